The van der Waals surface area contributed by atoms with Crippen LogP contribution in [0.3, 0.4) is 0 Å². The van der Waals surface area contributed by atoms with E-state index in [1.165, 1.54) is 0 Å². The number of halogens is 6. The number of carbonyl (C=O) groups excluding carboxylic acids is 2. The van der Waals surface area contributed by atoms with Crippen molar-refractivity contribution in [2.75, 3.05) is 13.1 Å². The van der Waals surface area contributed by atoms with Gasteiger partial charge in [-0.2, -0.15) is 26.3 Å². The quantitative estimate of drug-likeness (QED) is 0.345. The van der Waals surface area contributed by atoms with Crippen LogP contribution in [0.15, 0.2) is 48.5 Å². The zero-order valence-corrected chi connectivity index (χ0v) is 18.2. The number of rotatable bonds is 9. The summed E-state index contributed by atoms with van der Waals surface area (Å²) in [6.07, 6.45) is -9.91. The molecule has 0 fully saturated rings. The third-order valence-electron chi connectivity index (χ3n) is 4.86. The molecule has 0 saturated heterocycles. The highest BCUT2D eigenvalue weighted by atomic mass is 19.4. The number of hydrogen-bond acceptors (Lipinski definition) is 3. The Labute approximate surface area is 192 Å². The van der Waals surface area contributed by atoms with Crippen molar-refractivity contribution < 1.29 is 40.7 Å². The predicted octanol–water partition coefficient (Wildman–Crippen LogP) is 5.80. The van der Waals surface area contributed by atoms with Gasteiger partial charge in [-0.05, 0) is 42.5 Å². The maximum Gasteiger partial charge on any atom is 0.417 e. The SMILES string of the molecule is C[C@@H](CCCNC(=O)OCc1ccccc1)CNC(=O)c1ccc(C(F)(F)F)c(C(F)(F)F)c1. The Hall–Kier alpha value is -3.24. The Morgan fingerprint density at radius 1 is 0.912 bits per heavy atom. The highest BCUT2D eigenvalue weighted by molar-refractivity contribution is 5.94. The Balaban J connectivity index is 1.75. The van der Waals surface area contributed by atoms with Gasteiger partial charge in [0, 0.05) is 18.7 Å². The minimum absolute atomic E-state index is 0.0948. The summed E-state index contributed by atoms with van der Waals surface area (Å²) in [5.41, 5.74) is -3.43. The fourth-order valence-corrected chi connectivity index (χ4v) is 3.05. The van der Waals surface area contributed by atoms with Crippen molar-refractivity contribution in [2.24, 2.45) is 5.92 Å². The largest absolute Gasteiger partial charge is 0.445 e. The van der Waals surface area contributed by atoms with Gasteiger partial charge in [0.15, 0.2) is 0 Å². The Bertz CT molecular complexity index is 961. The molecule has 2 aromatic rings. The maximum absolute atomic E-state index is 13.0. The van der Waals surface area contributed by atoms with Crippen LogP contribution < -0.4 is 10.6 Å². The molecule has 0 aliphatic heterocycles. The molecule has 11 heteroatoms. The molecular weight excluding hydrogens is 466 g/mol. The second kappa shape index (κ2) is 11.8. The van der Waals surface area contributed by atoms with E-state index in [2.05, 4.69) is 10.6 Å². The summed E-state index contributed by atoms with van der Waals surface area (Å²) in [4.78, 5) is 23.8. The number of ether oxygens (including phenoxy) is 1. The standard InChI is InChI=1S/C23H24F6N2O3/c1-15(6-5-11-30-21(33)34-14-16-7-3-2-4-8-16)13-31-20(32)17-9-10-18(22(24,25)26)19(12-17)23(27,28)29/h2-4,7-10,12,15H,5-6,11,13-14H2,1H3,(H,30,33)(H,31,32)/t15-/m0/s1. The number of hydrogen-bond donors (Lipinski definition) is 2. The molecule has 2 rings (SSSR count). The van der Waals surface area contributed by atoms with Crippen LogP contribution in [0.2, 0.25) is 0 Å². The first kappa shape index (κ1) is 27.0. The minimum Gasteiger partial charge on any atom is -0.445 e. The second-order valence-electron chi connectivity index (χ2n) is 7.70. The lowest BCUT2D eigenvalue weighted by molar-refractivity contribution is -0.162. The normalized spacial score (nSPS) is 12.7. The maximum atomic E-state index is 13.0. The molecule has 0 saturated carbocycles. The van der Waals surface area contributed by atoms with Crippen molar-refractivity contribution >= 4 is 12.0 Å². The van der Waals surface area contributed by atoms with Crippen LogP contribution in [0.1, 0.15) is 46.8 Å². The van der Waals surface area contributed by atoms with Gasteiger partial charge in [0.1, 0.15) is 6.61 Å². The van der Waals surface area contributed by atoms with E-state index in [1.54, 1.807) is 6.92 Å². The molecule has 0 aliphatic rings. The first-order valence-electron chi connectivity index (χ1n) is 10.4. The monoisotopic (exact) mass is 490 g/mol. The third-order valence-corrected chi connectivity index (χ3v) is 4.86. The van der Waals surface area contributed by atoms with Gasteiger partial charge in [0.2, 0.25) is 0 Å². The molecule has 34 heavy (non-hydrogen) atoms. The number of nitrogens with one attached hydrogen (secondary N) is 2. The summed E-state index contributed by atoms with van der Waals surface area (Å²) in [5, 5.41) is 5.01. The van der Waals surface area contributed by atoms with E-state index in [0.717, 1.165) is 5.56 Å². The Kier molecular flexibility index (Phi) is 9.34. The van der Waals surface area contributed by atoms with Gasteiger partial charge >= 0.3 is 18.4 Å². The molecular formula is C23H24F6N2O3. The molecule has 0 radical (unpaired) electrons. The minimum atomic E-state index is -5.26. The molecule has 1 atom stereocenters. The van der Waals surface area contributed by atoms with Crippen LogP contribution in [0, 0.1) is 5.92 Å². The first-order valence-corrected chi connectivity index (χ1v) is 10.4. The molecule has 2 amide bonds. The molecule has 0 heterocycles. The number of benzene rings is 2. The lowest BCUT2D eigenvalue weighted by Crippen LogP contribution is -2.30. The highest BCUT2D eigenvalue weighted by Gasteiger charge is 2.43. The van der Waals surface area contributed by atoms with Crippen molar-refractivity contribution in [3.63, 3.8) is 0 Å². The van der Waals surface area contributed by atoms with E-state index in [0.29, 0.717) is 25.5 Å². The summed E-state index contributed by atoms with van der Waals surface area (Å²) in [6.45, 7) is 2.33. The van der Waals surface area contributed by atoms with Crippen molar-refractivity contribution in [1.29, 1.82) is 0 Å². The van der Waals surface area contributed by atoms with Crippen molar-refractivity contribution in [3.05, 3.63) is 70.8 Å². The molecule has 2 aromatic carbocycles. The Morgan fingerprint density at radius 2 is 1.56 bits per heavy atom. The molecule has 2 N–H and O–H groups in total. The Morgan fingerprint density at radius 3 is 2.18 bits per heavy atom. The van der Waals surface area contributed by atoms with Crippen LogP contribution in [0.4, 0.5) is 31.1 Å². The van der Waals surface area contributed by atoms with Gasteiger partial charge in [-0.25, -0.2) is 4.79 Å². The molecule has 186 valence electrons. The third kappa shape index (κ3) is 8.60. The van der Waals surface area contributed by atoms with Gasteiger partial charge in [0.05, 0.1) is 11.1 Å². The van der Waals surface area contributed by atoms with Gasteiger partial charge < -0.3 is 15.4 Å². The van der Waals surface area contributed by atoms with Gasteiger partial charge in [-0.3, -0.25) is 4.79 Å². The number of carbonyl (C=O) groups is 2. The van der Waals surface area contributed by atoms with Crippen molar-refractivity contribution in [1.82, 2.24) is 10.6 Å². The van der Waals surface area contributed by atoms with Crippen LogP contribution >= 0.6 is 0 Å². The van der Waals surface area contributed by atoms with E-state index in [9.17, 15) is 35.9 Å². The highest BCUT2D eigenvalue weighted by Crippen LogP contribution is 2.40. The average molecular weight is 490 g/mol. The summed E-state index contributed by atoms with van der Waals surface area (Å²) in [5.74, 6) is -1.00. The summed E-state index contributed by atoms with van der Waals surface area (Å²) in [6, 6.07) is 10.3. The van der Waals surface area contributed by atoms with E-state index >= 15 is 0 Å². The predicted molar refractivity (Wildman–Crippen MR) is 112 cm³/mol. The number of amides is 2. The lowest BCUT2D eigenvalue weighted by atomic mass is 10.0. The summed E-state index contributed by atoms with van der Waals surface area (Å²) in [7, 11) is 0. The van der Waals surface area contributed by atoms with E-state index in [4.69, 9.17) is 4.74 Å². The number of alkyl carbamates (subject to hydrolysis) is 1. The van der Waals surface area contributed by atoms with Crippen LogP contribution in [-0.4, -0.2) is 25.1 Å². The zero-order valence-electron chi connectivity index (χ0n) is 18.2. The fourth-order valence-electron chi connectivity index (χ4n) is 3.05. The average Bonchev–Trinajstić information content (AvgIpc) is 2.78. The second-order valence-corrected chi connectivity index (χ2v) is 7.70. The van der Waals surface area contributed by atoms with Crippen LogP contribution in [0.5, 0.6) is 0 Å². The summed E-state index contributed by atoms with van der Waals surface area (Å²) < 4.78 is 82.7. The molecule has 0 aromatic heterocycles. The van der Waals surface area contributed by atoms with E-state index in [-0.39, 0.29) is 31.2 Å². The molecule has 0 unspecified atom stereocenters. The fraction of sp³-hybridized carbons (Fsp3) is 0.391. The van der Waals surface area contributed by atoms with Crippen molar-refractivity contribution in [2.45, 2.75) is 38.7 Å². The van der Waals surface area contributed by atoms with Crippen molar-refractivity contribution in [3.8, 4) is 0 Å². The molecule has 5 nitrogen and oxygen atoms in total. The summed E-state index contributed by atoms with van der Waals surface area (Å²) >= 11 is 0. The van der Waals surface area contributed by atoms with Gasteiger partial charge in [-0.1, -0.05) is 37.3 Å². The first-order chi connectivity index (χ1) is 15.9. The van der Waals surface area contributed by atoms with Gasteiger partial charge in [0.25, 0.3) is 5.91 Å². The molecule has 0 bridgehead atoms. The number of alkyl halides is 6. The van der Waals surface area contributed by atoms with E-state index < -0.39 is 41.0 Å². The molecule has 0 aliphatic carbocycles. The smallest absolute Gasteiger partial charge is 0.417 e. The topological polar surface area (TPSA) is 67.4 Å². The zero-order chi connectivity index (χ0) is 25.4. The van der Waals surface area contributed by atoms with Gasteiger partial charge in [-0.15, -0.1) is 0 Å². The van der Waals surface area contributed by atoms with Crippen LogP contribution in [-0.2, 0) is 23.7 Å². The molecule has 0 spiro atoms. The lowest BCUT2D eigenvalue weighted by Gasteiger charge is -2.17. The van der Waals surface area contributed by atoms with E-state index in [1.807, 2.05) is 30.3 Å². The van der Waals surface area contributed by atoms with Crippen LogP contribution in [0.25, 0.3) is 0 Å².